The van der Waals surface area contributed by atoms with Crippen LogP contribution >= 0.6 is 15.9 Å². The van der Waals surface area contributed by atoms with Gasteiger partial charge in [-0.1, -0.05) is 46.3 Å². The van der Waals surface area contributed by atoms with Crippen LogP contribution in [0.3, 0.4) is 0 Å². The third kappa shape index (κ3) is 4.17. The molecule has 4 rings (SSSR count). The van der Waals surface area contributed by atoms with Crippen molar-refractivity contribution in [2.24, 2.45) is 0 Å². The lowest BCUT2D eigenvalue weighted by molar-refractivity contribution is -0.138. The molecule has 1 fully saturated rings. The summed E-state index contributed by atoms with van der Waals surface area (Å²) in [4.78, 5) is 32.0. The normalized spacial score (nSPS) is 14.8. The van der Waals surface area contributed by atoms with Crippen LogP contribution < -0.4 is 0 Å². The van der Waals surface area contributed by atoms with Gasteiger partial charge in [0.15, 0.2) is 6.10 Å². The number of amides is 1. The highest BCUT2D eigenvalue weighted by atomic mass is 79.9. The number of carbonyl (C=O) groups excluding carboxylic acids is 2. The van der Waals surface area contributed by atoms with Crippen LogP contribution in [0.1, 0.15) is 30.1 Å². The molecule has 0 N–H and O–H groups in total. The summed E-state index contributed by atoms with van der Waals surface area (Å²) in [5, 5.41) is 0.708. The number of esters is 1. The van der Waals surface area contributed by atoms with E-state index in [2.05, 4.69) is 15.9 Å². The number of para-hydroxylation sites is 1. The summed E-state index contributed by atoms with van der Waals surface area (Å²) in [7, 11) is 0. The molecule has 0 saturated carbocycles. The smallest absolute Gasteiger partial charge is 0.339 e. The van der Waals surface area contributed by atoms with Crippen molar-refractivity contribution in [1.29, 1.82) is 0 Å². The Kier molecular flexibility index (Phi) is 5.62. The first kappa shape index (κ1) is 19.6. The van der Waals surface area contributed by atoms with E-state index in [9.17, 15) is 9.59 Å². The van der Waals surface area contributed by atoms with Crippen molar-refractivity contribution in [2.45, 2.75) is 25.9 Å². The number of ether oxygens (including phenoxy) is 1. The van der Waals surface area contributed by atoms with Gasteiger partial charge in [-0.05, 0) is 44.0 Å². The lowest BCUT2D eigenvalue weighted by atomic mass is 10.0. The Hall–Kier alpha value is -2.73. The Balaban J connectivity index is 1.67. The number of halogens is 1. The summed E-state index contributed by atoms with van der Waals surface area (Å²) in [6, 6.07) is 16.9. The highest BCUT2D eigenvalue weighted by molar-refractivity contribution is 9.10. The van der Waals surface area contributed by atoms with Crippen LogP contribution in [0.5, 0.6) is 0 Å². The third-order valence-corrected chi connectivity index (χ3v) is 5.65. The van der Waals surface area contributed by atoms with Crippen molar-refractivity contribution in [2.75, 3.05) is 13.1 Å². The van der Waals surface area contributed by atoms with Crippen LogP contribution in [0.15, 0.2) is 59.1 Å². The van der Waals surface area contributed by atoms with Gasteiger partial charge in [-0.15, -0.1) is 0 Å². The third-order valence-electron chi connectivity index (χ3n) is 5.13. The van der Waals surface area contributed by atoms with Gasteiger partial charge >= 0.3 is 5.97 Å². The number of aromatic nitrogens is 1. The molecule has 1 aliphatic rings. The molecule has 0 bridgehead atoms. The Bertz CT molecular complexity index is 1060. The zero-order valence-corrected chi connectivity index (χ0v) is 17.7. The molecule has 1 aliphatic heterocycles. The molecule has 29 heavy (non-hydrogen) atoms. The molecular weight excluding hydrogens is 432 g/mol. The number of fused-ring (bicyclic) bond motifs is 1. The van der Waals surface area contributed by atoms with Gasteiger partial charge in [-0.25, -0.2) is 9.78 Å². The van der Waals surface area contributed by atoms with Gasteiger partial charge in [-0.2, -0.15) is 0 Å². The van der Waals surface area contributed by atoms with Crippen molar-refractivity contribution in [3.05, 3.63) is 64.6 Å². The van der Waals surface area contributed by atoms with Gasteiger partial charge in [0.05, 0.1) is 16.8 Å². The topological polar surface area (TPSA) is 59.5 Å². The zero-order chi connectivity index (χ0) is 20.4. The average molecular weight is 453 g/mol. The molecule has 1 amide bonds. The molecule has 1 atom stereocenters. The Labute approximate surface area is 177 Å². The number of hydrogen-bond donors (Lipinski definition) is 0. The van der Waals surface area contributed by atoms with E-state index in [-0.39, 0.29) is 5.91 Å². The maximum Gasteiger partial charge on any atom is 0.339 e. The minimum atomic E-state index is -0.816. The lowest BCUT2D eigenvalue weighted by Crippen LogP contribution is -2.38. The fourth-order valence-electron chi connectivity index (χ4n) is 3.58. The number of benzene rings is 2. The first-order chi connectivity index (χ1) is 14.0. The van der Waals surface area contributed by atoms with Crippen molar-refractivity contribution < 1.29 is 14.3 Å². The molecule has 1 aromatic heterocycles. The van der Waals surface area contributed by atoms with Crippen molar-refractivity contribution in [3.8, 4) is 11.3 Å². The standard InChI is InChI=1S/C23H21BrN2O3/c1-15(22(27)26-12-4-5-13-26)29-23(28)19-14-21(16-8-10-17(24)11-9-16)25-20-7-3-2-6-18(19)20/h2-3,6-11,14-15H,4-5,12-13H2,1H3. The minimum absolute atomic E-state index is 0.137. The molecule has 2 heterocycles. The van der Waals surface area contributed by atoms with E-state index in [1.165, 1.54) is 0 Å². The van der Waals surface area contributed by atoms with Crippen LogP contribution in [0.25, 0.3) is 22.2 Å². The van der Waals surface area contributed by atoms with Crippen molar-refractivity contribution in [1.82, 2.24) is 9.88 Å². The number of pyridine rings is 1. The maximum absolute atomic E-state index is 13.0. The predicted molar refractivity (Wildman–Crippen MR) is 116 cm³/mol. The molecular formula is C23H21BrN2O3. The van der Waals surface area contributed by atoms with E-state index in [0.29, 0.717) is 22.2 Å². The van der Waals surface area contributed by atoms with Gasteiger partial charge in [0.2, 0.25) is 0 Å². The summed E-state index contributed by atoms with van der Waals surface area (Å²) in [6.45, 7) is 3.09. The number of carbonyl (C=O) groups is 2. The maximum atomic E-state index is 13.0. The fraction of sp³-hybridized carbons (Fsp3) is 0.261. The monoisotopic (exact) mass is 452 g/mol. The van der Waals surface area contributed by atoms with Crippen LogP contribution in [-0.4, -0.2) is 41.0 Å². The van der Waals surface area contributed by atoms with Crippen LogP contribution in [0.2, 0.25) is 0 Å². The number of hydrogen-bond acceptors (Lipinski definition) is 4. The van der Waals surface area contributed by atoms with Gasteiger partial charge < -0.3 is 9.64 Å². The summed E-state index contributed by atoms with van der Waals surface area (Å²) in [6.07, 6.45) is 1.18. The second kappa shape index (κ2) is 8.33. The molecule has 0 radical (unpaired) electrons. The molecule has 148 valence electrons. The lowest BCUT2D eigenvalue weighted by Gasteiger charge is -2.20. The molecule has 0 spiro atoms. The SMILES string of the molecule is CC(OC(=O)c1cc(-c2ccc(Br)cc2)nc2ccccc12)C(=O)N1CCCC1. The number of nitrogens with zero attached hydrogens (tertiary/aromatic N) is 2. The summed E-state index contributed by atoms with van der Waals surface area (Å²) in [5.41, 5.74) is 2.70. The Morgan fingerprint density at radius 3 is 2.48 bits per heavy atom. The summed E-state index contributed by atoms with van der Waals surface area (Å²) in [5.74, 6) is -0.649. The molecule has 5 nitrogen and oxygen atoms in total. The van der Waals surface area contributed by atoms with Gasteiger partial charge in [0, 0.05) is 28.5 Å². The summed E-state index contributed by atoms with van der Waals surface area (Å²) < 4.78 is 6.53. The molecule has 1 unspecified atom stereocenters. The van der Waals surface area contributed by atoms with Crippen molar-refractivity contribution >= 4 is 38.7 Å². The van der Waals surface area contributed by atoms with Crippen LogP contribution in [0.4, 0.5) is 0 Å². The first-order valence-electron chi connectivity index (χ1n) is 9.68. The van der Waals surface area contributed by atoms with E-state index in [1.54, 1.807) is 17.9 Å². The largest absolute Gasteiger partial charge is 0.449 e. The molecule has 0 aliphatic carbocycles. The van der Waals surface area contributed by atoms with Gasteiger partial charge in [0.1, 0.15) is 0 Å². The minimum Gasteiger partial charge on any atom is -0.449 e. The van der Waals surface area contributed by atoms with Gasteiger partial charge in [0.25, 0.3) is 5.91 Å². The fourth-order valence-corrected chi connectivity index (χ4v) is 3.85. The van der Waals surface area contributed by atoms with Gasteiger partial charge in [-0.3, -0.25) is 4.79 Å². The Morgan fingerprint density at radius 1 is 1.07 bits per heavy atom. The molecule has 3 aromatic rings. The van der Waals surface area contributed by atoms with Crippen LogP contribution in [-0.2, 0) is 9.53 Å². The van der Waals surface area contributed by atoms with E-state index >= 15 is 0 Å². The average Bonchev–Trinajstić information content (AvgIpc) is 3.27. The predicted octanol–water partition coefficient (Wildman–Crippen LogP) is 4.83. The quantitative estimate of drug-likeness (QED) is 0.531. The Morgan fingerprint density at radius 2 is 1.76 bits per heavy atom. The van der Waals surface area contributed by atoms with Crippen molar-refractivity contribution in [3.63, 3.8) is 0 Å². The second-order valence-electron chi connectivity index (χ2n) is 7.16. The molecule has 6 heteroatoms. The second-order valence-corrected chi connectivity index (χ2v) is 8.07. The van der Waals surface area contributed by atoms with Crippen LogP contribution in [0, 0.1) is 0 Å². The van der Waals surface area contributed by atoms with E-state index in [4.69, 9.17) is 9.72 Å². The molecule has 2 aromatic carbocycles. The number of likely N-dealkylation sites (tertiary alicyclic amines) is 1. The van der Waals surface area contributed by atoms with E-state index in [1.807, 2.05) is 48.5 Å². The highest BCUT2D eigenvalue weighted by Gasteiger charge is 2.27. The van der Waals surface area contributed by atoms with E-state index in [0.717, 1.165) is 36.0 Å². The van der Waals surface area contributed by atoms with E-state index < -0.39 is 12.1 Å². The highest BCUT2D eigenvalue weighted by Crippen LogP contribution is 2.27. The zero-order valence-electron chi connectivity index (χ0n) is 16.1. The molecule has 1 saturated heterocycles. The number of rotatable bonds is 4. The summed E-state index contributed by atoms with van der Waals surface area (Å²) >= 11 is 3.43. The first-order valence-corrected chi connectivity index (χ1v) is 10.5.